The topological polar surface area (TPSA) is 58.6 Å². The largest absolute Gasteiger partial charge is 0.465 e. The van der Waals surface area contributed by atoms with Crippen LogP contribution in [0.3, 0.4) is 0 Å². The fraction of sp³-hybridized carbons (Fsp3) is 0.667. The molecule has 5 heteroatoms. The van der Waals surface area contributed by atoms with Gasteiger partial charge >= 0.3 is 5.97 Å². The van der Waals surface area contributed by atoms with Crippen LogP contribution in [0, 0.1) is 0 Å². The lowest BCUT2D eigenvalue weighted by molar-refractivity contribution is -0.144. The Morgan fingerprint density at radius 2 is 2.18 bits per heavy atom. The van der Waals surface area contributed by atoms with Crippen molar-refractivity contribution in [3.63, 3.8) is 0 Å². The highest BCUT2D eigenvalue weighted by Crippen LogP contribution is 2.26. The summed E-state index contributed by atoms with van der Waals surface area (Å²) in [7, 11) is 0. The molecule has 0 bridgehead atoms. The predicted molar refractivity (Wildman–Crippen MR) is 64.4 cm³/mol. The first-order chi connectivity index (χ1) is 8.17. The molecule has 0 saturated heterocycles. The van der Waals surface area contributed by atoms with Gasteiger partial charge < -0.3 is 10.1 Å². The molecule has 1 aliphatic carbocycles. The van der Waals surface area contributed by atoms with Crippen molar-refractivity contribution in [2.75, 3.05) is 26.2 Å². The zero-order chi connectivity index (χ0) is 12.7. The number of esters is 1. The molecule has 1 aliphatic rings. The molecule has 0 unspecified atom stereocenters. The number of carbonyl (C=O) groups is 2. The summed E-state index contributed by atoms with van der Waals surface area (Å²) in [6.07, 6.45) is 3.73. The SMILES string of the molecule is C=CCNC(=O)CN(CC(=O)OCC)C1CC1. The van der Waals surface area contributed by atoms with Crippen LogP contribution >= 0.6 is 0 Å². The lowest BCUT2D eigenvalue weighted by atomic mass is 10.4. The minimum atomic E-state index is -0.268. The molecule has 0 aromatic carbocycles. The highest BCUT2D eigenvalue weighted by molar-refractivity contribution is 5.79. The maximum absolute atomic E-state index is 11.5. The molecule has 0 aromatic rings. The number of amides is 1. The molecule has 0 aromatic heterocycles. The molecular formula is C12H20N2O3. The van der Waals surface area contributed by atoms with Crippen LogP contribution in [0.5, 0.6) is 0 Å². The average Bonchev–Trinajstić information content (AvgIpc) is 3.09. The van der Waals surface area contributed by atoms with Crippen LogP contribution in [0.4, 0.5) is 0 Å². The zero-order valence-corrected chi connectivity index (χ0v) is 10.3. The van der Waals surface area contributed by atoms with Gasteiger partial charge in [0.25, 0.3) is 0 Å². The van der Waals surface area contributed by atoms with Gasteiger partial charge in [0.2, 0.25) is 5.91 Å². The van der Waals surface area contributed by atoms with E-state index in [1.54, 1.807) is 13.0 Å². The fourth-order valence-electron chi connectivity index (χ4n) is 1.55. The molecule has 17 heavy (non-hydrogen) atoms. The van der Waals surface area contributed by atoms with E-state index in [1.807, 2.05) is 4.90 Å². The third-order valence-electron chi connectivity index (χ3n) is 2.49. The summed E-state index contributed by atoms with van der Waals surface area (Å²) >= 11 is 0. The van der Waals surface area contributed by atoms with E-state index in [2.05, 4.69) is 11.9 Å². The van der Waals surface area contributed by atoms with Gasteiger partial charge in [-0.2, -0.15) is 0 Å². The van der Waals surface area contributed by atoms with E-state index in [0.29, 0.717) is 19.2 Å². The van der Waals surface area contributed by atoms with Gasteiger partial charge in [0.1, 0.15) is 0 Å². The van der Waals surface area contributed by atoms with Crippen molar-refractivity contribution in [3.05, 3.63) is 12.7 Å². The van der Waals surface area contributed by atoms with Crippen LogP contribution in [0.25, 0.3) is 0 Å². The standard InChI is InChI=1S/C12H20N2O3/c1-3-7-13-11(15)8-14(10-5-6-10)9-12(16)17-4-2/h3,10H,1,4-9H2,2H3,(H,13,15). The van der Waals surface area contributed by atoms with Gasteiger partial charge in [-0.3, -0.25) is 14.5 Å². The van der Waals surface area contributed by atoms with Crippen molar-refractivity contribution in [1.29, 1.82) is 0 Å². The molecule has 0 heterocycles. The first kappa shape index (κ1) is 13.7. The Morgan fingerprint density at radius 1 is 1.47 bits per heavy atom. The third kappa shape index (κ3) is 5.49. The second-order valence-electron chi connectivity index (χ2n) is 4.03. The molecule has 96 valence electrons. The minimum absolute atomic E-state index is 0.0823. The first-order valence-corrected chi connectivity index (χ1v) is 5.94. The number of ether oxygens (including phenoxy) is 1. The number of nitrogens with one attached hydrogen (secondary N) is 1. The van der Waals surface area contributed by atoms with E-state index < -0.39 is 0 Å². The van der Waals surface area contributed by atoms with Gasteiger partial charge in [0.15, 0.2) is 0 Å². The Morgan fingerprint density at radius 3 is 2.71 bits per heavy atom. The lowest BCUT2D eigenvalue weighted by Gasteiger charge is -2.19. The summed E-state index contributed by atoms with van der Waals surface area (Å²) in [5, 5.41) is 2.70. The van der Waals surface area contributed by atoms with Crippen molar-refractivity contribution in [1.82, 2.24) is 10.2 Å². The van der Waals surface area contributed by atoms with Crippen LogP contribution in [-0.2, 0) is 14.3 Å². The maximum Gasteiger partial charge on any atom is 0.320 e. The summed E-state index contributed by atoms with van der Waals surface area (Å²) in [6.45, 7) is 6.58. The molecule has 5 nitrogen and oxygen atoms in total. The molecule has 0 spiro atoms. The molecule has 1 rings (SSSR count). The number of rotatable bonds is 8. The molecule has 1 fully saturated rings. The molecule has 0 aliphatic heterocycles. The number of carbonyl (C=O) groups excluding carboxylic acids is 2. The summed E-state index contributed by atoms with van der Waals surface area (Å²) in [5.74, 6) is -0.350. The van der Waals surface area contributed by atoms with Gasteiger partial charge in [-0.05, 0) is 19.8 Å². The second-order valence-corrected chi connectivity index (χ2v) is 4.03. The second kappa shape index (κ2) is 7.06. The molecule has 1 amide bonds. The smallest absolute Gasteiger partial charge is 0.320 e. The fourth-order valence-corrected chi connectivity index (χ4v) is 1.55. The van der Waals surface area contributed by atoms with E-state index in [-0.39, 0.29) is 25.0 Å². The van der Waals surface area contributed by atoms with E-state index in [0.717, 1.165) is 12.8 Å². The number of hydrogen-bond acceptors (Lipinski definition) is 4. The summed E-state index contributed by atoms with van der Waals surface area (Å²) in [4.78, 5) is 24.8. The van der Waals surface area contributed by atoms with Crippen molar-refractivity contribution in [3.8, 4) is 0 Å². The van der Waals surface area contributed by atoms with Gasteiger partial charge in [-0.1, -0.05) is 6.08 Å². The van der Waals surface area contributed by atoms with Crippen molar-refractivity contribution in [2.45, 2.75) is 25.8 Å². The lowest BCUT2D eigenvalue weighted by Crippen LogP contribution is -2.41. The number of hydrogen-bond donors (Lipinski definition) is 1. The average molecular weight is 240 g/mol. The van der Waals surface area contributed by atoms with Crippen LogP contribution in [-0.4, -0.2) is 49.1 Å². The van der Waals surface area contributed by atoms with Crippen molar-refractivity contribution in [2.24, 2.45) is 0 Å². The molecule has 1 saturated carbocycles. The normalized spacial score (nSPS) is 14.5. The molecule has 0 atom stereocenters. The first-order valence-electron chi connectivity index (χ1n) is 5.94. The van der Waals surface area contributed by atoms with Gasteiger partial charge in [-0.25, -0.2) is 0 Å². The zero-order valence-electron chi connectivity index (χ0n) is 10.3. The van der Waals surface area contributed by atoms with Crippen molar-refractivity contribution >= 4 is 11.9 Å². The predicted octanol–water partition coefficient (Wildman–Crippen LogP) is 0.316. The molecule has 0 radical (unpaired) electrons. The summed E-state index contributed by atoms with van der Waals surface area (Å²) in [6, 6.07) is 0.355. The Bertz CT molecular complexity index is 287. The van der Waals surface area contributed by atoms with Gasteiger partial charge in [0, 0.05) is 12.6 Å². The monoisotopic (exact) mass is 240 g/mol. The summed E-state index contributed by atoms with van der Waals surface area (Å²) < 4.78 is 4.88. The Labute approximate surface area is 102 Å². The van der Waals surface area contributed by atoms with Gasteiger partial charge in [-0.15, -0.1) is 6.58 Å². The number of nitrogens with zero attached hydrogens (tertiary/aromatic N) is 1. The van der Waals surface area contributed by atoms with Crippen LogP contribution < -0.4 is 5.32 Å². The van der Waals surface area contributed by atoms with Crippen LogP contribution in [0.2, 0.25) is 0 Å². The van der Waals surface area contributed by atoms with Crippen LogP contribution in [0.15, 0.2) is 12.7 Å². The van der Waals surface area contributed by atoms with E-state index in [4.69, 9.17) is 4.74 Å². The van der Waals surface area contributed by atoms with Gasteiger partial charge in [0.05, 0.1) is 19.7 Å². The Hall–Kier alpha value is -1.36. The Balaban J connectivity index is 2.35. The highest BCUT2D eigenvalue weighted by atomic mass is 16.5. The third-order valence-corrected chi connectivity index (χ3v) is 2.49. The van der Waals surface area contributed by atoms with E-state index in [1.165, 1.54) is 0 Å². The Kier molecular flexibility index (Phi) is 5.69. The molecular weight excluding hydrogens is 220 g/mol. The van der Waals surface area contributed by atoms with E-state index in [9.17, 15) is 9.59 Å². The highest BCUT2D eigenvalue weighted by Gasteiger charge is 2.31. The van der Waals surface area contributed by atoms with E-state index >= 15 is 0 Å². The maximum atomic E-state index is 11.5. The quantitative estimate of drug-likeness (QED) is 0.490. The minimum Gasteiger partial charge on any atom is -0.465 e. The summed E-state index contributed by atoms with van der Waals surface area (Å²) in [5.41, 5.74) is 0. The van der Waals surface area contributed by atoms with Crippen molar-refractivity contribution < 1.29 is 14.3 Å². The molecule has 1 N–H and O–H groups in total. The van der Waals surface area contributed by atoms with Crippen LogP contribution in [0.1, 0.15) is 19.8 Å².